The largest absolute Gasteiger partial charge is 0.378 e. The lowest BCUT2D eigenvalue weighted by atomic mass is 9.96. The van der Waals surface area contributed by atoms with Crippen molar-refractivity contribution in [2.75, 3.05) is 19.5 Å². The summed E-state index contributed by atoms with van der Waals surface area (Å²) in [5.41, 5.74) is 0. The van der Waals surface area contributed by atoms with Crippen molar-refractivity contribution in [1.82, 2.24) is 4.31 Å². The van der Waals surface area contributed by atoms with Crippen LogP contribution in [0.25, 0.3) is 0 Å². The van der Waals surface area contributed by atoms with Gasteiger partial charge in [0.05, 0.1) is 13.2 Å². The summed E-state index contributed by atoms with van der Waals surface area (Å²) in [5.74, 6) is 0. The molecule has 9 heavy (non-hydrogen) atoms. The highest BCUT2D eigenvalue weighted by Crippen LogP contribution is 2.35. The highest BCUT2D eigenvalue weighted by Gasteiger charge is 2.41. The third kappa shape index (κ3) is 0.791. The molecule has 0 aromatic carbocycles. The van der Waals surface area contributed by atoms with E-state index in [-0.39, 0.29) is 0 Å². The van der Waals surface area contributed by atoms with Crippen LogP contribution in [0.4, 0.5) is 0 Å². The Morgan fingerprint density at radius 3 is 2.44 bits per heavy atom. The number of hydrogen-bond donors (Lipinski definition) is 0. The Balaban J connectivity index is 1.97. The Morgan fingerprint density at radius 1 is 1.44 bits per heavy atom. The third-order valence-electron chi connectivity index (χ3n) is 2.10. The molecule has 0 saturated carbocycles. The van der Waals surface area contributed by atoms with Gasteiger partial charge in [-0.25, -0.2) is 4.31 Å². The molecular weight excluding hydrogens is 134 g/mol. The van der Waals surface area contributed by atoms with Gasteiger partial charge in [-0.15, -0.1) is 0 Å². The van der Waals surface area contributed by atoms with Crippen LogP contribution in [0.15, 0.2) is 0 Å². The quantitative estimate of drug-likeness (QED) is 0.505. The maximum absolute atomic E-state index is 5.31. The number of hydrogen-bond acceptors (Lipinski definition) is 3. The van der Waals surface area contributed by atoms with Crippen LogP contribution in [0.1, 0.15) is 6.42 Å². The molecule has 2 atom stereocenters. The van der Waals surface area contributed by atoms with Crippen molar-refractivity contribution >= 4 is 11.9 Å². The summed E-state index contributed by atoms with van der Waals surface area (Å²) in [6.45, 7) is 1.91. The first-order valence-corrected chi connectivity index (χ1v) is 4.50. The van der Waals surface area contributed by atoms with Crippen LogP contribution < -0.4 is 0 Å². The molecule has 0 aromatic rings. The molecule has 2 nitrogen and oxygen atoms in total. The predicted molar refractivity (Wildman–Crippen MR) is 38.4 cm³/mol. The number of rotatable bonds is 1. The molecule has 52 valence electrons. The van der Waals surface area contributed by atoms with E-state index in [4.69, 9.17) is 4.74 Å². The van der Waals surface area contributed by atoms with Gasteiger partial charge in [0.15, 0.2) is 0 Å². The maximum Gasteiger partial charge on any atom is 0.0632 e. The van der Waals surface area contributed by atoms with Crippen molar-refractivity contribution in [3.63, 3.8) is 0 Å². The van der Waals surface area contributed by atoms with E-state index < -0.39 is 0 Å². The highest BCUT2D eigenvalue weighted by atomic mass is 32.2. The van der Waals surface area contributed by atoms with Gasteiger partial charge in [-0.2, -0.15) is 0 Å². The normalized spacial score (nSPS) is 42.3. The molecule has 0 aliphatic carbocycles. The fraction of sp³-hybridized carbons (Fsp3) is 1.00. The zero-order valence-corrected chi connectivity index (χ0v) is 6.36. The summed E-state index contributed by atoms with van der Waals surface area (Å²) in [6, 6.07) is 1.47. The predicted octanol–water partition coefficient (Wildman–Crippen LogP) is 0.737. The number of ether oxygens (including phenoxy) is 1. The molecule has 3 rings (SSSR count). The lowest BCUT2D eigenvalue weighted by molar-refractivity contribution is -0.0741. The van der Waals surface area contributed by atoms with Crippen molar-refractivity contribution in [1.29, 1.82) is 0 Å². The summed E-state index contributed by atoms with van der Waals surface area (Å²) in [6.07, 6.45) is 3.51. The van der Waals surface area contributed by atoms with Crippen molar-refractivity contribution in [2.24, 2.45) is 0 Å². The van der Waals surface area contributed by atoms with E-state index in [1.165, 1.54) is 6.42 Å². The van der Waals surface area contributed by atoms with E-state index >= 15 is 0 Å². The zero-order valence-electron chi connectivity index (χ0n) is 5.54. The molecule has 3 aliphatic rings. The minimum atomic E-state index is 0.735. The summed E-state index contributed by atoms with van der Waals surface area (Å²) >= 11 is 1.86. The van der Waals surface area contributed by atoms with E-state index in [1.807, 2.05) is 11.9 Å². The Labute approximate surface area is 59.7 Å². The second-order valence-corrected chi connectivity index (χ2v) is 3.41. The van der Waals surface area contributed by atoms with E-state index in [0.29, 0.717) is 0 Å². The molecule has 3 aliphatic heterocycles. The molecule has 3 heteroatoms. The van der Waals surface area contributed by atoms with E-state index in [9.17, 15) is 0 Å². The first kappa shape index (κ1) is 6.01. The van der Waals surface area contributed by atoms with Gasteiger partial charge in [0, 0.05) is 12.1 Å². The van der Waals surface area contributed by atoms with Crippen LogP contribution in [0, 0.1) is 0 Å². The van der Waals surface area contributed by atoms with Gasteiger partial charge in [-0.1, -0.05) is 11.9 Å². The second kappa shape index (κ2) is 2.15. The van der Waals surface area contributed by atoms with Crippen LogP contribution in [0.3, 0.4) is 0 Å². The minimum absolute atomic E-state index is 0.735. The molecule has 3 fully saturated rings. The van der Waals surface area contributed by atoms with Crippen molar-refractivity contribution in [2.45, 2.75) is 18.5 Å². The van der Waals surface area contributed by atoms with Gasteiger partial charge in [-0.05, 0) is 12.7 Å². The zero-order chi connectivity index (χ0) is 6.27. The molecule has 2 unspecified atom stereocenters. The molecule has 0 amide bonds. The third-order valence-corrected chi connectivity index (χ3v) is 3.11. The van der Waals surface area contributed by atoms with Crippen LogP contribution in [0.2, 0.25) is 0 Å². The molecule has 3 heterocycles. The fourth-order valence-electron chi connectivity index (χ4n) is 1.60. The average molecular weight is 145 g/mol. The van der Waals surface area contributed by atoms with Gasteiger partial charge in [-0.3, -0.25) is 0 Å². The van der Waals surface area contributed by atoms with Crippen LogP contribution in [0.5, 0.6) is 0 Å². The van der Waals surface area contributed by atoms with Gasteiger partial charge in [0.1, 0.15) is 0 Å². The van der Waals surface area contributed by atoms with E-state index in [0.717, 1.165) is 25.3 Å². The number of fused-ring (bicyclic) bond motifs is 2. The van der Waals surface area contributed by atoms with E-state index in [2.05, 4.69) is 10.6 Å². The second-order valence-electron chi connectivity index (χ2n) is 2.62. The molecule has 0 N–H and O–H groups in total. The fourth-order valence-corrected chi connectivity index (χ4v) is 2.49. The van der Waals surface area contributed by atoms with Crippen LogP contribution in [-0.2, 0) is 4.74 Å². The van der Waals surface area contributed by atoms with Gasteiger partial charge >= 0.3 is 0 Å². The van der Waals surface area contributed by atoms with Crippen molar-refractivity contribution in [3.05, 3.63) is 0 Å². The standard InChI is InChI=1S/C6H11NOS/c1-9-7-5-2-6(7)4-8-3-5/h5-6H,2-4H2,1H3. The maximum atomic E-state index is 5.31. The SMILES string of the molecule is CSN1C2COCC1C2. The smallest absolute Gasteiger partial charge is 0.0632 e. The molecule has 0 aromatic heterocycles. The lowest BCUT2D eigenvalue weighted by Gasteiger charge is -2.50. The summed E-state index contributed by atoms with van der Waals surface area (Å²) < 4.78 is 7.76. The van der Waals surface area contributed by atoms with Crippen LogP contribution >= 0.6 is 11.9 Å². The highest BCUT2D eigenvalue weighted by molar-refractivity contribution is 7.96. The molecule has 0 radical (unpaired) electrons. The minimum Gasteiger partial charge on any atom is -0.378 e. The average Bonchev–Trinajstić information content (AvgIpc) is 1.90. The Morgan fingerprint density at radius 2 is 2.11 bits per heavy atom. The molecule has 2 bridgehead atoms. The van der Waals surface area contributed by atoms with Gasteiger partial charge in [0.25, 0.3) is 0 Å². The number of nitrogens with zero attached hydrogens (tertiary/aromatic N) is 1. The summed E-state index contributed by atoms with van der Waals surface area (Å²) in [7, 11) is 0. The Hall–Kier alpha value is 0.270. The van der Waals surface area contributed by atoms with Crippen molar-refractivity contribution < 1.29 is 4.74 Å². The number of morpholine rings is 1. The first-order chi connectivity index (χ1) is 4.42. The van der Waals surface area contributed by atoms with E-state index in [1.54, 1.807) is 0 Å². The first-order valence-electron chi connectivity index (χ1n) is 3.32. The monoisotopic (exact) mass is 145 g/mol. The summed E-state index contributed by atoms with van der Waals surface area (Å²) in [5, 5.41) is 0. The Bertz CT molecular complexity index is 106. The lowest BCUT2D eigenvalue weighted by Crippen LogP contribution is -2.60. The van der Waals surface area contributed by atoms with Gasteiger partial charge < -0.3 is 4.74 Å². The Kier molecular flexibility index (Phi) is 1.43. The van der Waals surface area contributed by atoms with Crippen LogP contribution in [-0.4, -0.2) is 35.9 Å². The van der Waals surface area contributed by atoms with Crippen molar-refractivity contribution in [3.8, 4) is 0 Å². The molecular formula is C6H11NOS. The summed E-state index contributed by atoms with van der Waals surface area (Å²) in [4.78, 5) is 0. The molecule has 3 saturated heterocycles. The molecule has 0 spiro atoms. The van der Waals surface area contributed by atoms with Gasteiger partial charge in [0.2, 0.25) is 0 Å². The topological polar surface area (TPSA) is 12.5 Å².